The minimum absolute atomic E-state index is 0.170. The number of nitrogens with one attached hydrogen (secondary N) is 1. The lowest BCUT2D eigenvalue weighted by molar-refractivity contribution is -0.137. The molecule has 1 aromatic rings. The minimum atomic E-state index is -4.69. The normalized spacial score (nSPS) is 16.4. The number of amides is 1. The van der Waals surface area contributed by atoms with Crippen molar-refractivity contribution in [3.63, 3.8) is 0 Å². The van der Waals surface area contributed by atoms with Crippen molar-refractivity contribution >= 4 is 23.2 Å². The molecule has 0 aliphatic carbocycles. The molecule has 1 N–H and O–H groups in total. The Morgan fingerprint density at radius 3 is 2.29 bits per heavy atom. The summed E-state index contributed by atoms with van der Waals surface area (Å²) in [5, 5.41) is 11.1. The van der Waals surface area contributed by atoms with Crippen molar-refractivity contribution in [3.05, 3.63) is 64.0 Å². The number of rotatable bonds is 2. The van der Waals surface area contributed by atoms with Crippen LogP contribution in [-0.2, 0) is 11.0 Å². The third-order valence-electron chi connectivity index (χ3n) is 3.60. The van der Waals surface area contributed by atoms with Gasteiger partial charge in [0.15, 0.2) is 0 Å². The second-order valence-corrected chi connectivity index (χ2v) is 5.95. The minimum Gasteiger partial charge on any atom is -0.349 e. The van der Waals surface area contributed by atoms with Crippen molar-refractivity contribution < 1.29 is 31.1 Å². The van der Waals surface area contributed by atoms with E-state index in [9.17, 15) is 36.4 Å². The summed E-state index contributed by atoms with van der Waals surface area (Å²) in [6, 6.07) is 3.76. The van der Waals surface area contributed by atoms with E-state index in [-0.39, 0.29) is 10.7 Å². The maximum atomic E-state index is 12.8. The van der Waals surface area contributed by atoms with Crippen LogP contribution in [0, 0.1) is 11.3 Å². The topological polar surface area (TPSA) is 56.1 Å². The molecular weight excluding hydrogens is 412 g/mol. The molecule has 148 valence electrons. The van der Waals surface area contributed by atoms with Gasteiger partial charge in [-0.3, -0.25) is 4.79 Å². The molecule has 2 rings (SSSR count). The van der Waals surface area contributed by atoms with Gasteiger partial charge in [0.25, 0.3) is 5.91 Å². The fraction of sp³-hybridized carbons (Fsp3) is 0.176. The van der Waals surface area contributed by atoms with E-state index in [2.05, 4.69) is 5.32 Å². The molecule has 0 atom stereocenters. The highest BCUT2D eigenvalue weighted by Gasteiger charge is 2.34. The molecule has 0 fully saturated rings. The summed E-state index contributed by atoms with van der Waals surface area (Å²) in [7, 11) is 1.19. The average Bonchev–Trinajstić information content (AvgIpc) is 2.57. The smallest absolute Gasteiger partial charge is 0.349 e. The first-order valence-electron chi connectivity index (χ1n) is 7.37. The van der Waals surface area contributed by atoms with E-state index in [1.165, 1.54) is 13.1 Å². The monoisotopic (exact) mass is 421 g/mol. The van der Waals surface area contributed by atoms with Crippen molar-refractivity contribution in [2.24, 2.45) is 0 Å². The lowest BCUT2D eigenvalue weighted by Gasteiger charge is -2.23. The Hall–Kier alpha value is -2.93. The van der Waals surface area contributed by atoms with Crippen molar-refractivity contribution in [1.82, 2.24) is 4.90 Å². The number of hydrogen-bond donors (Lipinski definition) is 1. The number of anilines is 1. The predicted molar refractivity (Wildman–Crippen MR) is 88.8 cm³/mol. The van der Waals surface area contributed by atoms with Crippen LogP contribution in [0.3, 0.4) is 0 Å². The summed E-state index contributed by atoms with van der Waals surface area (Å²) >= 11 is 5.78. The summed E-state index contributed by atoms with van der Waals surface area (Å²) in [4.78, 5) is 13.3. The number of nitrogens with zero attached hydrogens (tertiary/aromatic N) is 2. The van der Waals surface area contributed by atoms with Gasteiger partial charge in [-0.25, -0.2) is 0 Å². The summed E-state index contributed by atoms with van der Waals surface area (Å²) in [6.07, 6.45) is -7.05. The van der Waals surface area contributed by atoms with Crippen LogP contribution >= 0.6 is 11.6 Å². The van der Waals surface area contributed by atoms with Crippen LogP contribution < -0.4 is 5.32 Å². The number of halogens is 7. The van der Waals surface area contributed by atoms with E-state index in [4.69, 9.17) is 11.6 Å². The van der Waals surface area contributed by atoms with Gasteiger partial charge in [0, 0.05) is 13.2 Å². The Balaban J connectivity index is 2.36. The van der Waals surface area contributed by atoms with E-state index in [1.807, 2.05) is 0 Å². The van der Waals surface area contributed by atoms with Gasteiger partial charge in [0.05, 0.1) is 27.5 Å². The first-order valence-corrected chi connectivity index (χ1v) is 7.74. The van der Waals surface area contributed by atoms with E-state index in [0.29, 0.717) is 24.4 Å². The van der Waals surface area contributed by atoms with Gasteiger partial charge in [0.1, 0.15) is 11.6 Å². The quantitative estimate of drug-likeness (QED) is 0.414. The van der Waals surface area contributed by atoms with E-state index in [0.717, 1.165) is 17.0 Å². The number of alkyl halides is 6. The van der Waals surface area contributed by atoms with E-state index in [1.54, 1.807) is 0 Å². The van der Waals surface area contributed by atoms with Gasteiger partial charge in [0.2, 0.25) is 0 Å². The molecule has 0 spiro atoms. The Bertz CT molecular complexity index is 938. The van der Waals surface area contributed by atoms with Gasteiger partial charge in [-0.2, -0.15) is 31.6 Å². The number of benzene rings is 1. The summed E-state index contributed by atoms with van der Waals surface area (Å²) < 4.78 is 76.6. The first-order chi connectivity index (χ1) is 12.8. The number of hydrogen-bond acceptors (Lipinski definition) is 3. The fourth-order valence-electron chi connectivity index (χ4n) is 2.24. The van der Waals surface area contributed by atoms with Gasteiger partial charge in [-0.15, -0.1) is 0 Å². The van der Waals surface area contributed by atoms with Crippen molar-refractivity contribution in [2.45, 2.75) is 12.4 Å². The summed E-state index contributed by atoms with van der Waals surface area (Å²) in [6.45, 7) is 0. The Morgan fingerprint density at radius 1 is 1.14 bits per heavy atom. The molecule has 1 amide bonds. The molecule has 28 heavy (non-hydrogen) atoms. The molecule has 0 saturated carbocycles. The van der Waals surface area contributed by atoms with Crippen molar-refractivity contribution in [3.8, 4) is 6.07 Å². The highest BCUT2D eigenvalue weighted by molar-refractivity contribution is 6.34. The molecule has 11 heteroatoms. The third kappa shape index (κ3) is 4.67. The standard InChI is InChI=1S/C17H10ClF6N3O/c1-27-8-10(17(22,23)24)3-5-14(27)11(7-25)15(28)26-13-6-9(16(19,20)21)2-4-12(13)18/h2-6,8H,1H3,(H,26,28)/b14-11-. The lowest BCUT2D eigenvalue weighted by Crippen LogP contribution is -2.24. The zero-order valence-corrected chi connectivity index (χ0v) is 14.7. The maximum Gasteiger partial charge on any atom is 0.417 e. The van der Waals surface area contributed by atoms with Crippen LogP contribution in [-0.4, -0.2) is 24.0 Å². The molecule has 0 saturated heterocycles. The van der Waals surface area contributed by atoms with Crippen LogP contribution in [0.2, 0.25) is 5.02 Å². The second kappa shape index (κ2) is 7.59. The molecular formula is C17H10ClF6N3O. The zero-order valence-electron chi connectivity index (χ0n) is 13.9. The molecule has 1 aromatic carbocycles. The van der Waals surface area contributed by atoms with Crippen LogP contribution in [0.5, 0.6) is 0 Å². The number of carbonyl (C=O) groups is 1. The molecule has 0 bridgehead atoms. The number of likely N-dealkylation sites (N-methyl/N-ethyl adjacent to an activating group) is 1. The Labute approximate surface area is 160 Å². The van der Waals surface area contributed by atoms with E-state index < -0.39 is 40.7 Å². The SMILES string of the molecule is CN1C=C(C(F)(F)F)C=C/C1=C(\C#N)C(=O)Nc1cc(C(F)(F)F)ccc1Cl. The molecule has 1 aliphatic rings. The van der Waals surface area contributed by atoms with Gasteiger partial charge >= 0.3 is 12.4 Å². The maximum absolute atomic E-state index is 12.8. The van der Waals surface area contributed by atoms with Crippen molar-refractivity contribution in [1.29, 1.82) is 5.26 Å². The van der Waals surface area contributed by atoms with Gasteiger partial charge in [-0.05, 0) is 30.4 Å². The van der Waals surface area contributed by atoms with Crippen LogP contribution in [0.25, 0.3) is 0 Å². The van der Waals surface area contributed by atoms with Crippen LogP contribution in [0.1, 0.15) is 5.56 Å². The van der Waals surface area contributed by atoms with Gasteiger partial charge < -0.3 is 10.2 Å². The zero-order chi connectivity index (χ0) is 21.3. The highest BCUT2D eigenvalue weighted by atomic mass is 35.5. The molecule has 1 heterocycles. The molecule has 0 aromatic heterocycles. The van der Waals surface area contributed by atoms with Gasteiger partial charge in [-0.1, -0.05) is 11.6 Å². The second-order valence-electron chi connectivity index (χ2n) is 5.54. The van der Waals surface area contributed by atoms with Crippen LogP contribution in [0.4, 0.5) is 32.0 Å². The Morgan fingerprint density at radius 2 is 1.79 bits per heavy atom. The third-order valence-corrected chi connectivity index (χ3v) is 3.93. The largest absolute Gasteiger partial charge is 0.417 e. The van der Waals surface area contributed by atoms with Crippen molar-refractivity contribution in [2.75, 3.05) is 12.4 Å². The average molecular weight is 422 g/mol. The summed E-state index contributed by atoms with van der Waals surface area (Å²) in [5.74, 6) is -1.13. The Kier molecular flexibility index (Phi) is 5.80. The number of allylic oxidation sites excluding steroid dienone is 3. The van der Waals surface area contributed by atoms with Crippen LogP contribution in [0.15, 0.2) is 53.4 Å². The highest BCUT2D eigenvalue weighted by Crippen LogP contribution is 2.34. The van der Waals surface area contributed by atoms with E-state index >= 15 is 0 Å². The molecule has 0 radical (unpaired) electrons. The predicted octanol–water partition coefficient (Wildman–Crippen LogP) is 5.02. The molecule has 4 nitrogen and oxygen atoms in total. The molecule has 1 aliphatic heterocycles. The number of nitriles is 1. The first kappa shape index (κ1) is 21.4. The lowest BCUT2D eigenvalue weighted by atomic mass is 10.1. The number of carbonyl (C=O) groups excluding carboxylic acids is 1. The fourth-order valence-corrected chi connectivity index (χ4v) is 2.41. The summed E-state index contributed by atoms with van der Waals surface area (Å²) in [5.41, 5.74) is -3.26. The molecule has 0 unspecified atom stereocenters.